The summed E-state index contributed by atoms with van der Waals surface area (Å²) in [5.74, 6) is 0.414. The fourth-order valence-corrected chi connectivity index (χ4v) is 2.45. The second-order valence-corrected chi connectivity index (χ2v) is 5.34. The summed E-state index contributed by atoms with van der Waals surface area (Å²) in [4.78, 5) is 23.0. The first-order valence-electron chi connectivity index (χ1n) is 7.59. The molecule has 1 N–H and O–H groups in total. The van der Waals surface area contributed by atoms with E-state index in [1.807, 2.05) is 6.92 Å². The largest absolute Gasteiger partial charge is 0.494 e. The van der Waals surface area contributed by atoms with Crippen molar-refractivity contribution >= 4 is 17.3 Å². The molecule has 8 nitrogen and oxygen atoms in total. The Morgan fingerprint density at radius 3 is 2.50 bits per heavy atom. The number of nitro groups is 1. The van der Waals surface area contributed by atoms with Gasteiger partial charge in [-0.25, -0.2) is 0 Å². The molecule has 0 aliphatic rings. The highest BCUT2D eigenvalue weighted by Crippen LogP contribution is 2.25. The topological polar surface area (TPSA) is 99.3 Å². The zero-order chi connectivity index (χ0) is 17.9. The molecule has 0 fully saturated rings. The maximum absolute atomic E-state index is 12.4. The van der Waals surface area contributed by atoms with E-state index in [0.717, 1.165) is 5.75 Å². The SMILES string of the molecule is CCOc1ccc(NC(=O)[C@@H](C)n2nc(C)c([N+](=O)[O-])c2C)cc1. The van der Waals surface area contributed by atoms with Crippen LogP contribution in [0.1, 0.15) is 31.3 Å². The van der Waals surface area contributed by atoms with Crippen molar-refractivity contribution in [3.63, 3.8) is 0 Å². The quantitative estimate of drug-likeness (QED) is 0.647. The Balaban J connectivity index is 2.15. The Labute approximate surface area is 139 Å². The number of aromatic nitrogens is 2. The van der Waals surface area contributed by atoms with Crippen molar-refractivity contribution in [2.45, 2.75) is 33.7 Å². The molecule has 1 aromatic heterocycles. The van der Waals surface area contributed by atoms with Crippen LogP contribution < -0.4 is 10.1 Å². The average molecular weight is 332 g/mol. The number of rotatable bonds is 6. The third kappa shape index (κ3) is 3.53. The van der Waals surface area contributed by atoms with Gasteiger partial charge in [0.2, 0.25) is 5.91 Å². The summed E-state index contributed by atoms with van der Waals surface area (Å²) >= 11 is 0. The lowest BCUT2D eigenvalue weighted by molar-refractivity contribution is -0.386. The van der Waals surface area contributed by atoms with E-state index in [2.05, 4.69) is 10.4 Å². The maximum Gasteiger partial charge on any atom is 0.312 e. The Hall–Kier alpha value is -2.90. The van der Waals surface area contributed by atoms with Gasteiger partial charge in [-0.15, -0.1) is 0 Å². The second-order valence-electron chi connectivity index (χ2n) is 5.34. The van der Waals surface area contributed by atoms with Gasteiger partial charge in [-0.2, -0.15) is 5.10 Å². The summed E-state index contributed by atoms with van der Waals surface area (Å²) in [6, 6.07) is 6.32. The molecule has 2 aromatic rings. The van der Waals surface area contributed by atoms with Gasteiger partial charge in [0, 0.05) is 5.69 Å². The number of nitrogens with one attached hydrogen (secondary N) is 1. The minimum Gasteiger partial charge on any atom is -0.494 e. The van der Waals surface area contributed by atoms with Gasteiger partial charge in [-0.1, -0.05) is 0 Å². The molecule has 0 radical (unpaired) electrons. The smallest absolute Gasteiger partial charge is 0.312 e. The van der Waals surface area contributed by atoms with Crippen LogP contribution in [-0.2, 0) is 4.79 Å². The van der Waals surface area contributed by atoms with Gasteiger partial charge in [-0.05, 0) is 52.0 Å². The molecule has 1 aromatic carbocycles. The first-order valence-corrected chi connectivity index (χ1v) is 7.59. The monoisotopic (exact) mass is 332 g/mol. The summed E-state index contributed by atoms with van der Waals surface area (Å²) < 4.78 is 6.72. The molecule has 0 aliphatic heterocycles. The fraction of sp³-hybridized carbons (Fsp3) is 0.375. The molecule has 0 spiro atoms. The van der Waals surface area contributed by atoms with Gasteiger partial charge in [0.05, 0.1) is 11.5 Å². The van der Waals surface area contributed by atoms with Crippen molar-refractivity contribution in [1.29, 1.82) is 0 Å². The van der Waals surface area contributed by atoms with E-state index in [4.69, 9.17) is 4.74 Å². The number of amides is 1. The Morgan fingerprint density at radius 2 is 2.00 bits per heavy atom. The Bertz CT molecular complexity index is 752. The van der Waals surface area contributed by atoms with Gasteiger partial charge < -0.3 is 10.1 Å². The molecule has 8 heteroatoms. The lowest BCUT2D eigenvalue weighted by Crippen LogP contribution is -2.25. The van der Waals surface area contributed by atoms with Crippen LogP contribution >= 0.6 is 0 Å². The lowest BCUT2D eigenvalue weighted by Gasteiger charge is -2.14. The van der Waals surface area contributed by atoms with E-state index in [1.165, 1.54) is 4.68 Å². The first-order chi connectivity index (χ1) is 11.3. The van der Waals surface area contributed by atoms with Crippen molar-refractivity contribution in [2.75, 3.05) is 11.9 Å². The van der Waals surface area contributed by atoms with Crippen LogP contribution in [0, 0.1) is 24.0 Å². The highest BCUT2D eigenvalue weighted by Gasteiger charge is 2.27. The van der Waals surface area contributed by atoms with E-state index < -0.39 is 11.0 Å². The van der Waals surface area contributed by atoms with Crippen molar-refractivity contribution in [3.8, 4) is 5.75 Å². The molecule has 1 atom stereocenters. The molecule has 0 saturated carbocycles. The predicted octanol–water partition coefficient (Wildman–Crippen LogP) is 3.01. The molecular formula is C16H20N4O4. The molecule has 0 saturated heterocycles. The molecular weight excluding hydrogens is 312 g/mol. The van der Waals surface area contributed by atoms with Gasteiger partial charge in [-0.3, -0.25) is 19.6 Å². The van der Waals surface area contributed by atoms with Crippen LogP contribution in [0.5, 0.6) is 5.75 Å². The molecule has 2 rings (SSSR count). The van der Waals surface area contributed by atoms with Crippen LogP contribution in [0.25, 0.3) is 0 Å². The second kappa shape index (κ2) is 7.12. The summed E-state index contributed by atoms with van der Waals surface area (Å²) in [6.45, 7) is 7.25. The number of benzene rings is 1. The number of carbonyl (C=O) groups is 1. The molecule has 0 aliphatic carbocycles. The molecule has 0 unspecified atom stereocenters. The summed E-state index contributed by atoms with van der Waals surface area (Å²) in [5, 5.41) is 18.0. The van der Waals surface area contributed by atoms with Crippen LogP contribution in [-0.4, -0.2) is 27.2 Å². The van der Waals surface area contributed by atoms with Crippen molar-refractivity contribution < 1.29 is 14.5 Å². The van der Waals surface area contributed by atoms with Gasteiger partial charge in [0.1, 0.15) is 23.2 Å². The lowest BCUT2D eigenvalue weighted by atomic mass is 10.2. The van der Waals surface area contributed by atoms with Crippen molar-refractivity contribution in [2.24, 2.45) is 0 Å². The number of carbonyl (C=O) groups excluding carboxylic acids is 1. The van der Waals surface area contributed by atoms with Gasteiger partial charge in [0.15, 0.2) is 0 Å². The number of nitrogens with zero attached hydrogens (tertiary/aromatic N) is 3. The van der Waals surface area contributed by atoms with Crippen molar-refractivity contribution in [1.82, 2.24) is 9.78 Å². The van der Waals surface area contributed by atoms with Crippen LogP contribution in [0.2, 0.25) is 0 Å². The molecule has 128 valence electrons. The van der Waals surface area contributed by atoms with E-state index in [9.17, 15) is 14.9 Å². The fourth-order valence-electron chi connectivity index (χ4n) is 2.45. The highest BCUT2D eigenvalue weighted by atomic mass is 16.6. The van der Waals surface area contributed by atoms with E-state index in [1.54, 1.807) is 45.0 Å². The Kier molecular flexibility index (Phi) is 5.18. The summed E-state index contributed by atoms with van der Waals surface area (Å²) in [5.41, 5.74) is 1.20. The minimum absolute atomic E-state index is 0.0595. The third-order valence-electron chi connectivity index (χ3n) is 3.65. The molecule has 0 bridgehead atoms. The average Bonchev–Trinajstić information content (AvgIpc) is 2.83. The third-order valence-corrected chi connectivity index (χ3v) is 3.65. The Morgan fingerprint density at radius 1 is 1.38 bits per heavy atom. The minimum atomic E-state index is -0.677. The summed E-state index contributed by atoms with van der Waals surface area (Å²) in [7, 11) is 0. The number of hydrogen-bond donors (Lipinski definition) is 1. The van der Waals surface area contributed by atoms with Crippen LogP contribution in [0.15, 0.2) is 24.3 Å². The van der Waals surface area contributed by atoms with E-state index in [0.29, 0.717) is 23.7 Å². The van der Waals surface area contributed by atoms with Crippen LogP contribution in [0.4, 0.5) is 11.4 Å². The van der Waals surface area contributed by atoms with Gasteiger partial charge >= 0.3 is 5.69 Å². The number of anilines is 1. The number of aryl methyl sites for hydroxylation is 1. The maximum atomic E-state index is 12.4. The molecule has 1 amide bonds. The van der Waals surface area contributed by atoms with E-state index >= 15 is 0 Å². The standard InChI is InChI=1S/C16H20N4O4/c1-5-24-14-8-6-13(7-9-14)17-16(21)12(4)19-11(3)15(20(22)23)10(2)18-19/h6-9,12H,5H2,1-4H3,(H,17,21)/t12-/m1/s1. The number of hydrogen-bond acceptors (Lipinski definition) is 5. The zero-order valence-corrected chi connectivity index (χ0v) is 14.1. The van der Waals surface area contributed by atoms with Crippen molar-refractivity contribution in [3.05, 3.63) is 45.8 Å². The normalized spacial score (nSPS) is 11.8. The molecule has 24 heavy (non-hydrogen) atoms. The van der Waals surface area contributed by atoms with Crippen LogP contribution in [0.3, 0.4) is 0 Å². The van der Waals surface area contributed by atoms with Gasteiger partial charge in [0.25, 0.3) is 0 Å². The number of ether oxygens (including phenoxy) is 1. The molecule has 1 heterocycles. The van der Waals surface area contributed by atoms with E-state index in [-0.39, 0.29) is 11.6 Å². The highest BCUT2D eigenvalue weighted by molar-refractivity contribution is 5.93. The summed E-state index contributed by atoms with van der Waals surface area (Å²) in [6.07, 6.45) is 0. The first kappa shape index (κ1) is 17.5. The predicted molar refractivity (Wildman–Crippen MR) is 89.3 cm³/mol. The zero-order valence-electron chi connectivity index (χ0n) is 14.1.